The molecule has 178 valence electrons. The van der Waals surface area contributed by atoms with Crippen molar-refractivity contribution in [2.45, 2.75) is 46.6 Å². The Bertz CT molecular complexity index is 1170. The molecule has 5 nitrogen and oxygen atoms in total. The molecule has 0 fully saturated rings. The maximum Gasteiger partial charge on any atom is 0.244 e. The number of benzene rings is 2. The second kappa shape index (κ2) is 11.2. The third-order valence-corrected chi connectivity index (χ3v) is 6.29. The quantitative estimate of drug-likeness (QED) is 0.370. The second-order valence-electron chi connectivity index (χ2n) is 8.75. The number of nitrogens with one attached hydrogen (secondary N) is 1. The van der Waals surface area contributed by atoms with E-state index >= 15 is 0 Å². The number of hydrogen-bond acceptors (Lipinski definition) is 4. The third kappa shape index (κ3) is 6.17. The van der Waals surface area contributed by atoms with Crippen molar-refractivity contribution < 1.29 is 14.0 Å². The summed E-state index contributed by atoms with van der Waals surface area (Å²) in [6.07, 6.45) is 3.02. The van der Waals surface area contributed by atoms with Crippen molar-refractivity contribution in [2.24, 2.45) is 5.92 Å². The Labute approximate surface area is 204 Å². The van der Waals surface area contributed by atoms with Gasteiger partial charge in [0.15, 0.2) is 5.13 Å². The second-order valence-corrected chi connectivity index (χ2v) is 9.58. The first kappa shape index (κ1) is 25.3. The number of hydrogen-bond donors (Lipinski definition) is 1. The minimum Gasteiger partial charge on any atom is -0.345 e. The highest BCUT2D eigenvalue weighted by molar-refractivity contribution is 7.14. The van der Waals surface area contributed by atoms with Crippen molar-refractivity contribution in [3.8, 4) is 0 Å². The molecule has 1 unspecified atom stereocenters. The largest absolute Gasteiger partial charge is 0.345 e. The standard InChI is InChI=1S/C27H30FN3O2S/c1-17(2)20-10-12-21(13-11-20)26(18(3)4)30-25(33)15-14-22-16-34-27(29-22)31(19(5)32)24-9-7-6-8-23(24)28/h6-18,26H,1-5H3,(H,30,33)/b15-14+. The van der Waals surface area contributed by atoms with E-state index in [0.29, 0.717) is 16.7 Å². The van der Waals surface area contributed by atoms with Crippen LogP contribution in [0.5, 0.6) is 0 Å². The van der Waals surface area contributed by atoms with Gasteiger partial charge in [-0.3, -0.25) is 14.5 Å². The van der Waals surface area contributed by atoms with Crippen LogP contribution < -0.4 is 10.2 Å². The predicted octanol–water partition coefficient (Wildman–Crippen LogP) is 6.62. The third-order valence-electron chi connectivity index (χ3n) is 5.44. The van der Waals surface area contributed by atoms with Crippen LogP contribution in [0.4, 0.5) is 15.2 Å². The van der Waals surface area contributed by atoms with Gasteiger partial charge in [0.2, 0.25) is 11.8 Å². The molecule has 2 amide bonds. The molecule has 0 aliphatic heterocycles. The minimum atomic E-state index is -0.509. The smallest absolute Gasteiger partial charge is 0.244 e. The first-order valence-electron chi connectivity index (χ1n) is 11.3. The van der Waals surface area contributed by atoms with Crippen LogP contribution in [-0.2, 0) is 9.59 Å². The van der Waals surface area contributed by atoms with Crippen molar-refractivity contribution in [1.82, 2.24) is 10.3 Å². The highest BCUT2D eigenvalue weighted by atomic mass is 32.1. The van der Waals surface area contributed by atoms with E-state index in [1.165, 1.54) is 46.9 Å². The van der Waals surface area contributed by atoms with E-state index in [-0.39, 0.29) is 29.5 Å². The normalized spacial score (nSPS) is 12.4. The van der Waals surface area contributed by atoms with Crippen LogP contribution in [-0.4, -0.2) is 16.8 Å². The maximum absolute atomic E-state index is 14.3. The van der Waals surface area contributed by atoms with Crippen LogP contribution in [0.25, 0.3) is 6.08 Å². The van der Waals surface area contributed by atoms with E-state index in [1.54, 1.807) is 23.6 Å². The zero-order valence-corrected chi connectivity index (χ0v) is 20.9. The van der Waals surface area contributed by atoms with Gasteiger partial charge >= 0.3 is 0 Å². The molecule has 0 saturated carbocycles. The zero-order valence-electron chi connectivity index (χ0n) is 20.1. The summed E-state index contributed by atoms with van der Waals surface area (Å²) in [6, 6.07) is 14.3. The van der Waals surface area contributed by atoms with Crippen molar-refractivity contribution in [1.29, 1.82) is 0 Å². The minimum absolute atomic E-state index is 0.126. The van der Waals surface area contributed by atoms with Gasteiger partial charge in [0.05, 0.1) is 17.4 Å². The van der Waals surface area contributed by atoms with Gasteiger partial charge in [0, 0.05) is 18.4 Å². The van der Waals surface area contributed by atoms with E-state index in [1.807, 2.05) is 0 Å². The van der Waals surface area contributed by atoms with Crippen LogP contribution in [0, 0.1) is 11.7 Å². The highest BCUT2D eigenvalue weighted by Crippen LogP contribution is 2.31. The molecular weight excluding hydrogens is 449 g/mol. The molecule has 0 bridgehead atoms. The molecule has 34 heavy (non-hydrogen) atoms. The Kier molecular flexibility index (Phi) is 8.34. The summed E-state index contributed by atoms with van der Waals surface area (Å²) in [7, 11) is 0. The Morgan fingerprint density at radius 1 is 1.03 bits per heavy atom. The van der Waals surface area contributed by atoms with Crippen molar-refractivity contribution in [3.63, 3.8) is 0 Å². The van der Waals surface area contributed by atoms with Gasteiger partial charge in [-0.25, -0.2) is 9.37 Å². The van der Waals surface area contributed by atoms with E-state index < -0.39 is 5.82 Å². The average Bonchev–Trinajstić information content (AvgIpc) is 3.25. The molecule has 0 radical (unpaired) electrons. The molecule has 1 N–H and O–H groups in total. The van der Waals surface area contributed by atoms with Crippen LogP contribution >= 0.6 is 11.3 Å². The summed E-state index contributed by atoms with van der Waals surface area (Å²) in [6.45, 7) is 9.79. The lowest BCUT2D eigenvalue weighted by atomic mass is 9.93. The summed E-state index contributed by atoms with van der Waals surface area (Å²) in [5, 5.41) is 5.13. The molecule has 1 heterocycles. The molecule has 3 aromatic rings. The SMILES string of the molecule is CC(=O)N(c1nc(/C=C/C(=O)NC(c2ccc(C(C)C)cc2)C(C)C)cs1)c1ccccc1F. The zero-order chi connectivity index (χ0) is 24.8. The number of thiazole rings is 1. The van der Waals surface area contributed by atoms with Gasteiger partial charge in [-0.15, -0.1) is 11.3 Å². The monoisotopic (exact) mass is 479 g/mol. The van der Waals surface area contributed by atoms with Crippen molar-refractivity contribution >= 4 is 40.0 Å². The number of aromatic nitrogens is 1. The van der Waals surface area contributed by atoms with Crippen molar-refractivity contribution in [2.75, 3.05) is 4.90 Å². The van der Waals surface area contributed by atoms with Crippen molar-refractivity contribution in [3.05, 3.63) is 82.6 Å². The summed E-state index contributed by atoms with van der Waals surface area (Å²) >= 11 is 1.20. The number of para-hydroxylation sites is 1. The lowest BCUT2D eigenvalue weighted by Gasteiger charge is -2.22. The molecule has 7 heteroatoms. The fourth-order valence-electron chi connectivity index (χ4n) is 3.58. The first-order valence-corrected chi connectivity index (χ1v) is 12.1. The molecule has 3 rings (SSSR count). The topological polar surface area (TPSA) is 62.3 Å². The first-order chi connectivity index (χ1) is 16.2. The predicted molar refractivity (Wildman–Crippen MR) is 137 cm³/mol. The summed E-state index contributed by atoms with van der Waals surface area (Å²) in [5.41, 5.74) is 2.96. The van der Waals surface area contributed by atoms with Crippen LogP contribution in [0.15, 0.2) is 60.0 Å². The van der Waals surface area contributed by atoms with Crippen LogP contribution in [0.2, 0.25) is 0 Å². The molecular formula is C27H30FN3O2S. The number of carbonyl (C=O) groups excluding carboxylic acids is 2. The average molecular weight is 480 g/mol. The Morgan fingerprint density at radius 3 is 2.26 bits per heavy atom. The fraction of sp³-hybridized carbons (Fsp3) is 0.296. The van der Waals surface area contributed by atoms with E-state index in [0.717, 1.165) is 5.56 Å². The molecule has 1 atom stereocenters. The molecule has 0 aliphatic carbocycles. The molecule has 0 aliphatic rings. The number of amides is 2. The summed E-state index contributed by atoms with van der Waals surface area (Å²) in [5.74, 6) is -0.442. The molecule has 0 spiro atoms. The Morgan fingerprint density at radius 2 is 1.68 bits per heavy atom. The number of carbonyl (C=O) groups is 2. The van der Waals surface area contributed by atoms with Crippen LogP contribution in [0.3, 0.4) is 0 Å². The fourth-order valence-corrected chi connectivity index (χ4v) is 4.43. The molecule has 1 aromatic heterocycles. The summed E-state index contributed by atoms with van der Waals surface area (Å²) in [4.78, 5) is 30.5. The van der Waals surface area contributed by atoms with Gasteiger partial charge in [-0.1, -0.05) is 64.1 Å². The Hall–Kier alpha value is -3.32. The van der Waals surface area contributed by atoms with Gasteiger partial charge in [-0.05, 0) is 41.2 Å². The lowest BCUT2D eigenvalue weighted by molar-refractivity contribution is -0.117. The van der Waals surface area contributed by atoms with E-state index in [2.05, 4.69) is 62.3 Å². The van der Waals surface area contributed by atoms with E-state index in [4.69, 9.17) is 0 Å². The van der Waals surface area contributed by atoms with Gasteiger partial charge in [0.25, 0.3) is 0 Å². The van der Waals surface area contributed by atoms with Gasteiger partial charge in [0.1, 0.15) is 5.82 Å². The van der Waals surface area contributed by atoms with Gasteiger partial charge in [-0.2, -0.15) is 0 Å². The highest BCUT2D eigenvalue weighted by Gasteiger charge is 2.21. The maximum atomic E-state index is 14.3. The van der Waals surface area contributed by atoms with Gasteiger partial charge < -0.3 is 5.32 Å². The molecule has 0 saturated heterocycles. The number of nitrogens with zero attached hydrogens (tertiary/aromatic N) is 2. The number of rotatable bonds is 8. The Balaban J connectivity index is 1.73. The lowest BCUT2D eigenvalue weighted by Crippen LogP contribution is -2.30. The van der Waals surface area contributed by atoms with Crippen LogP contribution in [0.1, 0.15) is 63.4 Å². The summed E-state index contributed by atoms with van der Waals surface area (Å²) < 4.78 is 14.3. The number of halogens is 1. The van der Waals surface area contributed by atoms with E-state index in [9.17, 15) is 14.0 Å². The molecule has 2 aromatic carbocycles. The number of anilines is 2.